The van der Waals surface area contributed by atoms with Gasteiger partial charge < -0.3 is 10.5 Å². The van der Waals surface area contributed by atoms with Crippen LogP contribution in [0, 0.1) is 5.92 Å². The topological polar surface area (TPSA) is 55.6 Å². The van der Waals surface area contributed by atoms with Gasteiger partial charge in [-0.3, -0.25) is 4.90 Å². The SMILES string of the molecule is CC1(C)OC(=O)N(C2CCC(N)CC2)[C@H]1C1C=CC=CC1. The van der Waals surface area contributed by atoms with Crippen molar-refractivity contribution in [2.75, 3.05) is 0 Å². The number of cyclic esters (lactones) is 1. The van der Waals surface area contributed by atoms with Crippen molar-refractivity contribution in [2.24, 2.45) is 11.7 Å². The fourth-order valence-corrected chi connectivity index (χ4v) is 4.10. The van der Waals surface area contributed by atoms with Crippen molar-refractivity contribution in [3.05, 3.63) is 24.3 Å². The summed E-state index contributed by atoms with van der Waals surface area (Å²) in [6.07, 6.45) is 13.4. The Balaban J connectivity index is 1.83. The Morgan fingerprint density at radius 2 is 1.95 bits per heavy atom. The molecule has 1 unspecified atom stereocenters. The maximum Gasteiger partial charge on any atom is 0.411 e. The summed E-state index contributed by atoms with van der Waals surface area (Å²) in [5.74, 6) is 0.340. The van der Waals surface area contributed by atoms with E-state index in [2.05, 4.69) is 24.3 Å². The monoisotopic (exact) mass is 290 g/mol. The molecule has 3 rings (SSSR count). The number of hydrogen-bond donors (Lipinski definition) is 1. The fourth-order valence-electron chi connectivity index (χ4n) is 4.10. The summed E-state index contributed by atoms with van der Waals surface area (Å²) in [4.78, 5) is 14.5. The van der Waals surface area contributed by atoms with Gasteiger partial charge in [-0.1, -0.05) is 24.3 Å². The van der Waals surface area contributed by atoms with Crippen molar-refractivity contribution < 1.29 is 9.53 Å². The summed E-state index contributed by atoms with van der Waals surface area (Å²) in [7, 11) is 0. The summed E-state index contributed by atoms with van der Waals surface area (Å²) < 4.78 is 5.70. The van der Waals surface area contributed by atoms with Crippen LogP contribution in [0.5, 0.6) is 0 Å². The van der Waals surface area contributed by atoms with E-state index >= 15 is 0 Å². The molecule has 1 saturated carbocycles. The van der Waals surface area contributed by atoms with E-state index in [0.29, 0.717) is 12.0 Å². The number of carbonyl (C=O) groups excluding carboxylic acids is 1. The van der Waals surface area contributed by atoms with Crippen molar-refractivity contribution in [2.45, 2.75) is 69.7 Å². The molecule has 0 aromatic heterocycles. The Morgan fingerprint density at radius 1 is 1.24 bits per heavy atom. The van der Waals surface area contributed by atoms with E-state index in [0.717, 1.165) is 32.1 Å². The quantitative estimate of drug-likeness (QED) is 0.850. The minimum absolute atomic E-state index is 0.116. The van der Waals surface area contributed by atoms with Gasteiger partial charge in [-0.25, -0.2) is 4.79 Å². The maximum absolute atomic E-state index is 12.5. The molecule has 3 aliphatic rings. The molecule has 0 spiro atoms. The van der Waals surface area contributed by atoms with Gasteiger partial charge in [0, 0.05) is 18.0 Å². The summed E-state index contributed by atoms with van der Waals surface area (Å²) in [5, 5.41) is 0. The van der Waals surface area contributed by atoms with Gasteiger partial charge in [-0.15, -0.1) is 0 Å². The number of nitrogens with two attached hydrogens (primary N) is 1. The number of hydrogen-bond acceptors (Lipinski definition) is 3. The Labute approximate surface area is 127 Å². The molecule has 116 valence electrons. The zero-order valence-electron chi connectivity index (χ0n) is 13.0. The third-order valence-electron chi connectivity index (χ3n) is 5.13. The predicted molar refractivity (Wildman–Crippen MR) is 82.8 cm³/mol. The molecule has 0 bridgehead atoms. The molecular formula is C17H26N2O2. The van der Waals surface area contributed by atoms with Crippen molar-refractivity contribution in [3.8, 4) is 0 Å². The van der Waals surface area contributed by atoms with Crippen LogP contribution in [0.15, 0.2) is 24.3 Å². The van der Waals surface area contributed by atoms with E-state index < -0.39 is 5.60 Å². The second-order valence-corrected chi connectivity index (χ2v) is 7.10. The van der Waals surface area contributed by atoms with Crippen LogP contribution in [0.1, 0.15) is 46.0 Å². The van der Waals surface area contributed by atoms with Crippen LogP contribution in [0.3, 0.4) is 0 Å². The van der Waals surface area contributed by atoms with Crippen molar-refractivity contribution in [1.29, 1.82) is 0 Å². The van der Waals surface area contributed by atoms with Crippen molar-refractivity contribution >= 4 is 6.09 Å². The van der Waals surface area contributed by atoms with Gasteiger partial charge in [-0.05, 0) is 46.0 Å². The first-order valence-corrected chi connectivity index (χ1v) is 8.09. The van der Waals surface area contributed by atoms with Gasteiger partial charge in [0.2, 0.25) is 0 Å². The number of ether oxygens (including phenoxy) is 1. The standard InChI is InChI=1S/C17H26N2O2/c1-17(2)15(12-6-4-3-5-7-12)19(16(20)21-17)14-10-8-13(18)9-11-14/h3-6,12-15H,7-11,18H2,1-2H3/t12?,13?,14?,15-/m0/s1. The highest BCUT2D eigenvalue weighted by atomic mass is 16.6. The van der Waals surface area contributed by atoms with E-state index in [1.54, 1.807) is 0 Å². The van der Waals surface area contributed by atoms with Gasteiger partial charge in [0.1, 0.15) is 5.60 Å². The predicted octanol–water partition coefficient (Wildman–Crippen LogP) is 2.99. The molecule has 2 fully saturated rings. The largest absolute Gasteiger partial charge is 0.441 e. The lowest BCUT2D eigenvalue weighted by Crippen LogP contribution is -2.52. The maximum atomic E-state index is 12.5. The van der Waals surface area contributed by atoms with Crippen LogP contribution in [0.2, 0.25) is 0 Å². The second kappa shape index (κ2) is 5.48. The van der Waals surface area contributed by atoms with Crippen LogP contribution in [-0.2, 0) is 4.74 Å². The Kier molecular flexibility index (Phi) is 3.82. The van der Waals surface area contributed by atoms with Gasteiger partial charge >= 0.3 is 6.09 Å². The molecule has 4 heteroatoms. The molecular weight excluding hydrogens is 264 g/mol. The van der Waals surface area contributed by atoms with Gasteiger partial charge in [0.05, 0.1) is 6.04 Å². The lowest BCUT2D eigenvalue weighted by Gasteiger charge is -2.40. The van der Waals surface area contributed by atoms with Crippen molar-refractivity contribution in [3.63, 3.8) is 0 Å². The van der Waals surface area contributed by atoms with E-state index in [1.165, 1.54) is 0 Å². The van der Waals surface area contributed by atoms with E-state index in [4.69, 9.17) is 10.5 Å². The molecule has 2 aliphatic carbocycles. The van der Waals surface area contributed by atoms with Crippen LogP contribution in [0.25, 0.3) is 0 Å². The number of rotatable bonds is 2. The molecule has 1 saturated heterocycles. The number of amides is 1. The smallest absolute Gasteiger partial charge is 0.411 e. The molecule has 0 radical (unpaired) electrons. The first kappa shape index (κ1) is 14.6. The average Bonchev–Trinajstić information content (AvgIpc) is 2.70. The van der Waals surface area contributed by atoms with Gasteiger partial charge in [-0.2, -0.15) is 0 Å². The van der Waals surface area contributed by atoms with Crippen LogP contribution >= 0.6 is 0 Å². The number of carbonyl (C=O) groups is 1. The van der Waals surface area contributed by atoms with Crippen molar-refractivity contribution in [1.82, 2.24) is 4.90 Å². The molecule has 0 aromatic rings. The van der Waals surface area contributed by atoms with E-state index in [-0.39, 0.29) is 18.2 Å². The zero-order valence-corrected chi connectivity index (χ0v) is 13.0. The first-order valence-electron chi connectivity index (χ1n) is 8.09. The van der Waals surface area contributed by atoms with Crippen LogP contribution in [0.4, 0.5) is 4.79 Å². The third kappa shape index (κ3) is 2.73. The van der Waals surface area contributed by atoms with Crippen LogP contribution in [-0.4, -0.2) is 34.7 Å². The lowest BCUT2D eigenvalue weighted by atomic mass is 9.81. The summed E-state index contributed by atoms with van der Waals surface area (Å²) >= 11 is 0. The minimum atomic E-state index is -0.434. The molecule has 0 aromatic carbocycles. The van der Waals surface area contributed by atoms with Gasteiger partial charge in [0.25, 0.3) is 0 Å². The fraction of sp³-hybridized carbons (Fsp3) is 0.706. The minimum Gasteiger partial charge on any atom is -0.441 e. The molecule has 2 N–H and O–H groups in total. The molecule has 1 heterocycles. The highest BCUT2D eigenvalue weighted by Crippen LogP contribution is 2.40. The summed E-state index contributed by atoms with van der Waals surface area (Å²) in [6.45, 7) is 4.08. The molecule has 1 aliphatic heterocycles. The van der Waals surface area contributed by atoms with E-state index in [9.17, 15) is 4.79 Å². The van der Waals surface area contributed by atoms with Crippen LogP contribution < -0.4 is 5.73 Å². The number of allylic oxidation sites excluding steroid dienone is 3. The van der Waals surface area contributed by atoms with Gasteiger partial charge in [0.15, 0.2) is 0 Å². The Bertz CT molecular complexity index is 461. The second-order valence-electron chi connectivity index (χ2n) is 7.10. The molecule has 21 heavy (non-hydrogen) atoms. The molecule has 4 nitrogen and oxygen atoms in total. The third-order valence-corrected chi connectivity index (χ3v) is 5.13. The normalized spacial score (nSPS) is 38.6. The Morgan fingerprint density at radius 3 is 2.57 bits per heavy atom. The highest BCUT2D eigenvalue weighted by Gasteiger charge is 2.52. The number of nitrogens with zero attached hydrogens (tertiary/aromatic N) is 1. The Hall–Kier alpha value is -1.29. The van der Waals surface area contributed by atoms with E-state index in [1.807, 2.05) is 18.7 Å². The summed E-state index contributed by atoms with van der Waals surface area (Å²) in [5.41, 5.74) is 5.57. The molecule has 2 atom stereocenters. The zero-order chi connectivity index (χ0) is 15.0. The molecule has 1 amide bonds. The average molecular weight is 290 g/mol. The summed E-state index contributed by atoms with van der Waals surface area (Å²) in [6, 6.07) is 0.692. The highest BCUT2D eigenvalue weighted by molar-refractivity contribution is 5.72. The lowest BCUT2D eigenvalue weighted by molar-refractivity contribution is 0.0528. The first-order chi connectivity index (χ1) is 9.99.